The molecule has 2 nitrogen and oxygen atoms in total. The number of ether oxygens (including phenoxy) is 1. The lowest BCUT2D eigenvalue weighted by Gasteiger charge is -2.39. The van der Waals surface area contributed by atoms with Crippen LogP contribution in [-0.2, 0) is 10.3 Å². The van der Waals surface area contributed by atoms with Crippen molar-refractivity contribution in [1.82, 2.24) is 5.32 Å². The minimum atomic E-state index is -0.404. The third-order valence-corrected chi connectivity index (χ3v) is 4.28. The van der Waals surface area contributed by atoms with Crippen molar-refractivity contribution in [3.05, 3.63) is 71.8 Å². The van der Waals surface area contributed by atoms with Gasteiger partial charge in [0.05, 0.1) is 0 Å². The highest BCUT2D eigenvalue weighted by molar-refractivity contribution is 5.85. The van der Waals surface area contributed by atoms with Crippen LogP contribution < -0.4 is 5.32 Å². The van der Waals surface area contributed by atoms with Crippen molar-refractivity contribution in [2.75, 3.05) is 13.7 Å². The highest BCUT2D eigenvalue weighted by Crippen LogP contribution is 2.39. The van der Waals surface area contributed by atoms with E-state index in [1.54, 1.807) is 0 Å². The second-order valence-corrected chi connectivity index (χ2v) is 5.32. The van der Waals surface area contributed by atoms with Crippen LogP contribution in [0.3, 0.4) is 0 Å². The van der Waals surface area contributed by atoms with Crippen LogP contribution in [0.5, 0.6) is 0 Å². The van der Waals surface area contributed by atoms with E-state index in [1.165, 1.54) is 17.5 Å². The van der Waals surface area contributed by atoms with Gasteiger partial charge in [-0.3, -0.25) is 0 Å². The van der Waals surface area contributed by atoms with Gasteiger partial charge in [-0.1, -0.05) is 60.7 Å². The average molecular weight is 304 g/mol. The molecule has 2 aromatic carbocycles. The summed E-state index contributed by atoms with van der Waals surface area (Å²) in [7, 11) is 1.82. The molecule has 1 heterocycles. The first-order valence-corrected chi connectivity index (χ1v) is 7.27. The first kappa shape index (κ1) is 16.0. The van der Waals surface area contributed by atoms with Crippen LogP contribution in [0.25, 0.3) is 0 Å². The predicted octanol–water partition coefficient (Wildman–Crippen LogP) is 3.75. The molecule has 0 bridgehead atoms. The third kappa shape index (κ3) is 2.84. The van der Waals surface area contributed by atoms with Gasteiger partial charge in [-0.05, 0) is 30.5 Å². The van der Waals surface area contributed by atoms with Crippen molar-refractivity contribution in [1.29, 1.82) is 0 Å². The molecule has 1 fully saturated rings. The molecule has 1 saturated heterocycles. The van der Waals surface area contributed by atoms with E-state index < -0.39 is 5.60 Å². The quantitative estimate of drug-likeness (QED) is 0.929. The maximum Gasteiger partial charge on any atom is 0.133 e. The number of benzene rings is 2. The number of methoxy groups -OCH3 is 1. The van der Waals surface area contributed by atoms with Gasteiger partial charge in [0.15, 0.2) is 0 Å². The van der Waals surface area contributed by atoms with Crippen molar-refractivity contribution in [3.8, 4) is 0 Å². The Balaban J connectivity index is 0.00000161. The first-order chi connectivity index (χ1) is 9.88. The van der Waals surface area contributed by atoms with Crippen molar-refractivity contribution in [2.24, 2.45) is 0 Å². The first-order valence-electron chi connectivity index (χ1n) is 7.27. The number of hydrogen-bond donors (Lipinski definition) is 1. The Morgan fingerprint density at radius 2 is 1.48 bits per heavy atom. The van der Waals surface area contributed by atoms with Crippen LogP contribution in [-0.4, -0.2) is 19.7 Å². The molecule has 0 saturated carbocycles. The molecule has 3 heteroatoms. The maximum atomic E-state index is 6.13. The Labute approximate surface area is 132 Å². The number of rotatable bonds is 4. The van der Waals surface area contributed by atoms with Crippen LogP contribution in [0.15, 0.2) is 60.7 Å². The summed E-state index contributed by atoms with van der Waals surface area (Å²) >= 11 is 0. The standard InChI is InChI=1S/C18H21NO.ClH/c1-20-18(17-13-8-14-19-17,15-9-4-2-5-10-15)16-11-6-3-7-12-16;/h2-7,9-12,17,19H,8,13-14H2,1H3;1H/t17-;/m0./s1. The van der Waals surface area contributed by atoms with Crippen molar-refractivity contribution < 1.29 is 4.74 Å². The molecule has 1 aliphatic rings. The molecular weight excluding hydrogens is 282 g/mol. The minimum absolute atomic E-state index is 0. The minimum Gasteiger partial charge on any atom is -0.367 e. The van der Waals surface area contributed by atoms with Gasteiger partial charge in [0.1, 0.15) is 5.60 Å². The molecule has 0 aliphatic carbocycles. The topological polar surface area (TPSA) is 21.3 Å². The average Bonchev–Trinajstić information content (AvgIpc) is 3.06. The molecule has 1 N–H and O–H groups in total. The van der Waals surface area contributed by atoms with Crippen LogP contribution in [0.1, 0.15) is 24.0 Å². The molecule has 0 spiro atoms. The largest absolute Gasteiger partial charge is 0.367 e. The van der Waals surface area contributed by atoms with Crippen molar-refractivity contribution in [3.63, 3.8) is 0 Å². The van der Waals surface area contributed by atoms with E-state index in [0.717, 1.165) is 13.0 Å². The number of hydrogen-bond acceptors (Lipinski definition) is 2. The smallest absolute Gasteiger partial charge is 0.133 e. The van der Waals surface area contributed by atoms with Crippen LogP contribution in [0.2, 0.25) is 0 Å². The van der Waals surface area contributed by atoms with Gasteiger partial charge in [-0.15, -0.1) is 12.4 Å². The fourth-order valence-electron chi connectivity index (χ4n) is 3.35. The van der Waals surface area contributed by atoms with Gasteiger partial charge in [0.25, 0.3) is 0 Å². The molecule has 3 rings (SSSR count). The highest BCUT2D eigenvalue weighted by Gasteiger charge is 2.43. The molecule has 0 aromatic heterocycles. The summed E-state index contributed by atoms with van der Waals surface area (Å²) < 4.78 is 6.13. The Morgan fingerprint density at radius 1 is 0.952 bits per heavy atom. The molecule has 2 aromatic rings. The fourth-order valence-corrected chi connectivity index (χ4v) is 3.35. The molecule has 112 valence electrons. The lowest BCUT2D eigenvalue weighted by Crippen LogP contribution is -2.47. The predicted molar refractivity (Wildman–Crippen MR) is 88.9 cm³/mol. The lowest BCUT2D eigenvalue weighted by molar-refractivity contribution is -0.00627. The van der Waals surface area contributed by atoms with Crippen LogP contribution in [0, 0.1) is 0 Å². The SMILES string of the molecule is COC(c1ccccc1)(c1ccccc1)[C@@H]1CCCN1.Cl. The summed E-state index contributed by atoms with van der Waals surface area (Å²) in [6.45, 7) is 1.06. The normalized spacial score (nSPS) is 18.2. The second-order valence-electron chi connectivity index (χ2n) is 5.32. The van der Waals surface area contributed by atoms with E-state index in [9.17, 15) is 0 Å². The van der Waals surface area contributed by atoms with E-state index in [1.807, 2.05) is 7.11 Å². The zero-order valence-corrected chi connectivity index (χ0v) is 13.1. The van der Waals surface area contributed by atoms with Gasteiger partial charge in [-0.25, -0.2) is 0 Å². The van der Waals surface area contributed by atoms with Gasteiger partial charge < -0.3 is 10.1 Å². The molecular formula is C18H22ClNO. The maximum absolute atomic E-state index is 6.13. The summed E-state index contributed by atoms with van der Waals surface area (Å²) in [6.07, 6.45) is 2.34. The van der Waals surface area contributed by atoms with Crippen LogP contribution >= 0.6 is 12.4 Å². The zero-order valence-electron chi connectivity index (χ0n) is 12.3. The second kappa shape index (κ2) is 7.08. The summed E-state index contributed by atoms with van der Waals surface area (Å²) in [4.78, 5) is 0. The zero-order chi connectivity index (χ0) is 13.8. The summed E-state index contributed by atoms with van der Waals surface area (Å²) in [5.41, 5.74) is 2.03. The van der Waals surface area contributed by atoms with Gasteiger partial charge >= 0.3 is 0 Å². The Morgan fingerprint density at radius 3 is 1.86 bits per heavy atom. The molecule has 1 aliphatic heterocycles. The third-order valence-electron chi connectivity index (χ3n) is 4.28. The van der Waals surface area contributed by atoms with Gasteiger partial charge in [0.2, 0.25) is 0 Å². The van der Waals surface area contributed by atoms with E-state index in [-0.39, 0.29) is 12.4 Å². The molecule has 0 amide bonds. The molecule has 21 heavy (non-hydrogen) atoms. The lowest BCUT2D eigenvalue weighted by atomic mass is 9.79. The molecule has 1 atom stereocenters. The van der Waals surface area contributed by atoms with E-state index in [2.05, 4.69) is 66.0 Å². The monoisotopic (exact) mass is 303 g/mol. The van der Waals surface area contributed by atoms with E-state index in [4.69, 9.17) is 4.74 Å². The van der Waals surface area contributed by atoms with Gasteiger partial charge in [-0.2, -0.15) is 0 Å². The number of halogens is 1. The summed E-state index contributed by atoms with van der Waals surface area (Å²) in [5, 5.41) is 3.62. The fraction of sp³-hybridized carbons (Fsp3) is 0.333. The highest BCUT2D eigenvalue weighted by atomic mass is 35.5. The van der Waals surface area contributed by atoms with Crippen molar-refractivity contribution in [2.45, 2.75) is 24.5 Å². The van der Waals surface area contributed by atoms with E-state index >= 15 is 0 Å². The van der Waals surface area contributed by atoms with Gasteiger partial charge in [0, 0.05) is 13.2 Å². The molecule has 0 unspecified atom stereocenters. The van der Waals surface area contributed by atoms with E-state index in [0.29, 0.717) is 6.04 Å². The Hall–Kier alpha value is -1.35. The van der Waals surface area contributed by atoms with Crippen LogP contribution in [0.4, 0.5) is 0 Å². The Bertz CT molecular complexity index is 498. The number of nitrogens with one attached hydrogen (secondary N) is 1. The summed E-state index contributed by atoms with van der Waals surface area (Å²) in [5.74, 6) is 0. The summed E-state index contributed by atoms with van der Waals surface area (Å²) in [6, 6.07) is 21.4. The molecule has 0 radical (unpaired) electrons. The van der Waals surface area contributed by atoms with Crippen molar-refractivity contribution >= 4 is 12.4 Å². The Kier molecular flexibility index (Phi) is 5.40.